The lowest BCUT2D eigenvalue weighted by Gasteiger charge is -2.11. The molecule has 3 nitrogen and oxygen atoms in total. The molecule has 0 bridgehead atoms. The van der Waals surface area contributed by atoms with Gasteiger partial charge < -0.3 is 9.73 Å². The molecule has 1 atom stereocenters. The molecule has 0 radical (unpaired) electrons. The molecule has 5 heteroatoms. The second kappa shape index (κ2) is 4.99. The van der Waals surface area contributed by atoms with Crippen LogP contribution in [-0.4, -0.2) is 12.0 Å². The first-order valence-electron chi connectivity index (χ1n) is 5.02. The number of likely N-dealkylation sites (N-methyl/N-ethyl adjacent to an activating group) is 1. The van der Waals surface area contributed by atoms with Crippen LogP contribution in [0.3, 0.4) is 0 Å². The number of halogens is 1. The van der Waals surface area contributed by atoms with E-state index in [1.807, 2.05) is 20.0 Å². The standard InChI is InChI=1S/C11H13ClN2OS/c1-7-6-16-11(14-7)5-8(13-2)9-3-4-10(12)15-9/h3-4,6,8,13H,5H2,1-2H3. The minimum absolute atomic E-state index is 0.123. The molecule has 0 amide bonds. The molecule has 86 valence electrons. The SMILES string of the molecule is CNC(Cc1nc(C)cs1)c1ccc(Cl)o1. The van der Waals surface area contributed by atoms with Gasteiger partial charge in [-0.15, -0.1) is 11.3 Å². The van der Waals surface area contributed by atoms with Crippen LogP contribution in [0.1, 0.15) is 22.5 Å². The van der Waals surface area contributed by atoms with E-state index < -0.39 is 0 Å². The average Bonchev–Trinajstić information content (AvgIpc) is 2.84. The van der Waals surface area contributed by atoms with Gasteiger partial charge in [-0.1, -0.05) is 0 Å². The van der Waals surface area contributed by atoms with Crippen molar-refractivity contribution in [3.63, 3.8) is 0 Å². The summed E-state index contributed by atoms with van der Waals surface area (Å²) in [7, 11) is 1.90. The van der Waals surface area contributed by atoms with E-state index in [-0.39, 0.29) is 6.04 Å². The van der Waals surface area contributed by atoms with E-state index in [0.29, 0.717) is 5.22 Å². The molecule has 0 fully saturated rings. The number of nitrogens with one attached hydrogen (secondary N) is 1. The summed E-state index contributed by atoms with van der Waals surface area (Å²) >= 11 is 7.43. The van der Waals surface area contributed by atoms with Gasteiger partial charge in [-0.2, -0.15) is 0 Å². The fraction of sp³-hybridized carbons (Fsp3) is 0.364. The van der Waals surface area contributed by atoms with Gasteiger partial charge in [0.05, 0.1) is 11.0 Å². The number of thiazole rings is 1. The summed E-state index contributed by atoms with van der Waals surface area (Å²) in [5.41, 5.74) is 1.06. The average molecular weight is 257 g/mol. The Balaban J connectivity index is 2.12. The maximum absolute atomic E-state index is 5.76. The zero-order chi connectivity index (χ0) is 11.5. The predicted molar refractivity (Wildman–Crippen MR) is 66.1 cm³/mol. The third kappa shape index (κ3) is 2.64. The largest absolute Gasteiger partial charge is 0.448 e. The van der Waals surface area contributed by atoms with Crippen molar-refractivity contribution >= 4 is 22.9 Å². The summed E-state index contributed by atoms with van der Waals surface area (Å²) in [4.78, 5) is 4.43. The van der Waals surface area contributed by atoms with Gasteiger partial charge in [0.15, 0.2) is 5.22 Å². The van der Waals surface area contributed by atoms with Crippen molar-refractivity contribution < 1.29 is 4.42 Å². The van der Waals surface area contributed by atoms with Crippen molar-refractivity contribution in [3.05, 3.63) is 39.2 Å². The number of rotatable bonds is 4. The summed E-state index contributed by atoms with van der Waals surface area (Å²) in [6.07, 6.45) is 0.818. The second-order valence-corrected chi connectivity index (χ2v) is 4.89. The molecule has 2 aromatic rings. The van der Waals surface area contributed by atoms with Crippen LogP contribution in [-0.2, 0) is 6.42 Å². The number of aryl methyl sites for hydroxylation is 1. The highest BCUT2D eigenvalue weighted by Gasteiger charge is 2.15. The summed E-state index contributed by atoms with van der Waals surface area (Å²) in [6, 6.07) is 3.77. The van der Waals surface area contributed by atoms with Crippen LogP contribution in [0, 0.1) is 6.92 Å². The Kier molecular flexibility index (Phi) is 3.63. The van der Waals surface area contributed by atoms with Crippen molar-refractivity contribution in [1.29, 1.82) is 0 Å². The fourth-order valence-corrected chi connectivity index (χ4v) is 2.50. The number of hydrogen-bond acceptors (Lipinski definition) is 4. The molecule has 0 aromatic carbocycles. The Hall–Kier alpha value is -0.840. The minimum Gasteiger partial charge on any atom is -0.448 e. The van der Waals surface area contributed by atoms with Crippen LogP contribution >= 0.6 is 22.9 Å². The van der Waals surface area contributed by atoms with Gasteiger partial charge in [-0.25, -0.2) is 4.98 Å². The number of hydrogen-bond donors (Lipinski definition) is 1. The third-order valence-electron chi connectivity index (χ3n) is 2.33. The van der Waals surface area contributed by atoms with E-state index >= 15 is 0 Å². The normalized spacial score (nSPS) is 12.9. The highest BCUT2D eigenvalue weighted by Crippen LogP contribution is 2.24. The van der Waals surface area contributed by atoms with Crippen LogP contribution in [0.25, 0.3) is 0 Å². The number of furan rings is 1. The lowest BCUT2D eigenvalue weighted by molar-refractivity contribution is 0.430. The van der Waals surface area contributed by atoms with Gasteiger partial charge in [0.2, 0.25) is 0 Å². The van der Waals surface area contributed by atoms with E-state index in [0.717, 1.165) is 22.9 Å². The van der Waals surface area contributed by atoms with Gasteiger partial charge >= 0.3 is 0 Å². The fourth-order valence-electron chi connectivity index (χ4n) is 1.53. The Bertz CT molecular complexity index is 466. The number of aromatic nitrogens is 1. The Morgan fingerprint density at radius 1 is 1.56 bits per heavy atom. The lowest BCUT2D eigenvalue weighted by Crippen LogP contribution is -2.18. The molecule has 0 aliphatic heterocycles. The van der Waals surface area contributed by atoms with Crippen molar-refractivity contribution in [2.24, 2.45) is 0 Å². The summed E-state index contributed by atoms with van der Waals surface area (Å²) in [5.74, 6) is 0.848. The van der Waals surface area contributed by atoms with Crippen LogP contribution in [0.15, 0.2) is 21.9 Å². The van der Waals surface area contributed by atoms with E-state index in [1.165, 1.54) is 0 Å². The van der Waals surface area contributed by atoms with Crippen LogP contribution < -0.4 is 5.32 Å². The summed E-state index contributed by atoms with van der Waals surface area (Å²) in [5, 5.41) is 6.78. The Labute approximate surface area is 103 Å². The molecule has 0 aliphatic rings. The maximum atomic E-state index is 5.76. The van der Waals surface area contributed by atoms with Crippen LogP contribution in [0.4, 0.5) is 0 Å². The first-order valence-corrected chi connectivity index (χ1v) is 6.28. The molecule has 0 spiro atoms. The summed E-state index contributed by atoms with van der Waals surface area (Å²) in [6.45, 7) is 2.00. The molecular formula is C11H13ClN2OS. The Morgan fingerprint density at radius 3 is 2.88 bits per heavy atom. The first-order chi connectivity index (χ1) is 7.69. The number of nitrogens with zero attached hydrogens (tertiary/aromatic N) is 1. The van der Waals surface area contributed by atoms with E-state index in [9.17, 15) is 0 Å². The van der Waals surface area contributed by atoms with Crippen molar-refractivity contribution in [2.45, 2.75) is 19.4 Å². The molecule has 2 aromatic heterocycles. The molecule has 0 aliphatic carbocycles. The molecular weight excluding hydrogens is 244 g/mol. The van der Waals surface area contributed by atoms with Crippen LogP contribution in [0.5, 0.6) is 0 Å². The predicted octanol–water partition coefficient (Wildman–Crippen LogP) is 3.20. The topological polar surface area (TPSA) is 38.1 Å². The smallest absolute Gasteiger partial charge is 0.193 e. The zero-order valence-electron chi connectivity index (χ0n) is 9.16. The van der Waals surface area contributed by atoms with Crippen LogP contribution in [0.2, 0.25) is 5.22 Å². The maximum Gasteiger partial charge on any atom is 0.193 e. The molecule has 1 N–H and O–H groups in total. The third-order valence-corrected chi connectivity index (χ3v) is 3.52. The monoisotopic (exact) mass is 256 g/mol. The Morgan fingerprint density at radius 2 is 2.38 bits per heavy atom. The van der Waals surface area contributed by atoms with Crippen molar-refractivity contribution in [1.82, 2.24) is 10.3 Å². The van der Waals surface area contributed by atoms with Gasteiger partial charge in [-0.3, -0.25) is 0 Å². The van der Waals surface area contributed by atoms with Gasteiger partial charge in [0.1, 0.15) is 5.76 Å². The molecule has 0 saturated carbocycles. The summed E-state index contributed by atoms with van der Waals surface area (Å²) < 4.78 is 5.40. The first kappa shape index (κ1) is 11.6. The van der Waals surface area contributed by atoms with Crippen molar-refractivity contribution in [3.8, 4) is 0 Å². The highest BCUT2D eigenvalue weighted by molar-refractivity contribution is 7.09. The van der Waals surface area contributed by atoms with Gasteiger partial charge in [0.25, 0.3) is 0 Å². The van der Waals surface area contributed by atoms with E-state index in [4.69, 9.17) is 16.0 Å². The highest BCUT2D eigenvalue weighted by atomic mass is 35.5. The van der Waals surface area contributed by atoms with Crippen molar-refractivity contribution in [2.75, 3.05) is 7.05 Å². The van der Waals surface area contributed by atoms with E-state index in [1.54, 1.807) is 17.4 Å². The van der Waals surface area contributed by atoms with Gasteiger partial charge in [-0.05, 0) is 37.7 Å². The molecule has 0 saturated heterocycles. The quantitative estimate of drug-likeness (QED) is 0.913. The second-order valence-electron chi connectivity index (χ2n) is 3.57. The zero-order valence-corrected chi connectivity index (χ0v) is 10.7. The minimum atomic E-state index is 0.123. The molecule has 2 heterocycles. The van der Waals surface area contributed by atoms with Gasteiger partial charge in [0, 0.05) is 17.5 Å². The molecule has 2 rings (SSSR count). The van der Waals surface area contributed by atoms with E-state index in [2.05, 4.69) is 15.7 Å². The lowest BCUT2D eigenvalue weighted by atomic mass is 10.1. The molecule has 16 heavy (non-hydrogen) atoms. The molecule has 1 unspecified atom stereocenters.